The molecule has 0 radical (unpaired) electrons. The molecule has 66 valence electrons. The zero-order chi connectivity index (χ0) is 8.55. The molecule has 1 N–H and O–H groups in total. The van der Waals surface area contributed by atoms with Crippen molar-refractivity contribution in [1.29, 1.82) is 0 Å². The van der Waals surface area contributed by atoms with Gasteiger partial charge in [-0.1, -0.05) is 19.1 Å². The van der Waals surface area contributed by atoms with Crippen molar-refractivity contribution in [1.82, 2.24) is 10.2 Å². The molecule has 0 amide bonds. The number of nitrogens with zero attached hydrogens (tertiary/aromatic N) is 1. The molecule has 3 heteroatoms. The van der Waals surface area contributed by atoms with Crippen LogP contribution in [0.25, 0.3) is 0 Å². The van der Waals surface area contributed by atoms with Gasteiger partial charge in [0.15, 0.2) is 0 Å². The van der Waals surface area contributed by atoms with Crippen LogP contribution in [0.3, 0.4) is 0 Å². The predicted molar refractivity (Wildman–Crippen MR) is 46.0 cm³/mol. The van der Waals surface area contributed by atoms with E-state index < -0.39 is 0 Å². The maximum Gasteiger partial charge on any atom is 0.118 e. The van der Waals surface area contributed by atoms with E-state index in [1.165, 1.54) is 0 Å². The SMILES string of the molecule is C[C@@H]1C=CC=C(F)[C@H]1N1CNC1. The first-order valence-corrected chi connectivity index (χ1v) is 4.27. The molecule has 2 atom stereocenters. The van der Waals surface area contributed by atoms with Crippen LogP contribution in [-0.2, 0) is 0 Å². The van der Waals surface area contributed by atoms with Crippen LogP contribution in [-0.4, -0.2) is 24.3 Å². The Kier molecular flexibility index (Phi) is 1.98. The largest absolute Gasteiger partial charge is 0.291 e. The molecule has 0 aromatic rings. The van der Waals surface area contributed by atoms with Gasteiger partial charge in [0, 0.05) is 0 Å². The van der Waals surface area contributed by atoms with E-state index in [9.17, 15) is 4.39 Å². The maximum atomic E-state index is 13.3. The first-order valence-electron chi connectivity index (χ1n) is 4.27. The summed E-state index contributed by atoms with van der Waals surface area (Å²) < 4.78 is 13.3. The zero-order valence-electron chi connectivity index (χ0n) is 7.13. The van der Waals surface area contributed by atoms with Gasteiger partial charge in [0.2, 0.25) is 0 Å². The summed E-state index contributed by atoms with van der Waals surface area (Å²) in [5, 5.41) is 3.11. The van der Waals surface area contributed by atoms with Gasteiger partial charge in [-0.05, 0) is 12.0 Å². The fourth-order valence-electron chi connectivity index (χ4n) is 1.72. The molecule has 12 heavy (non-hydrogen) atoms. The lowest BCUT2D eigenvalue weighted by molar-refractivity contribution is 0.0695. The third-order valence-corrected chi connectivity index (χ3v) is 2.47. The average molecular weight is 168 g/mol. The van der Waals surface area contributed by atoms with Gasteiger partial charge >= 0.3 is 0 Å². The summed E-state index contributed by atoms with van der Waals surface area (Å²) in [7, 11) is 0. The molecule has 0 saturated carbocycles. The number of hydrogen-bond acceptors (Lipinski definition) is 2. The molecule has 1 saturated heterocycles. The Bertz CT molecular complexity index is 231. The van der Waals surface area contributed by atoms with E-state index >= 15 is 0 Å². The third-order valence-electron chi connectivity index (χ3n) is 2.47. The van der Waals surface area contributed by atoms with E-state index in [2.05, 4.69) is 10.2 Å². The highest BCUT2D eigenvalue weighted by atomic mass is 19.1. The topological polar surface area (TPSA) is 15.3 Å². The van der Waals surface area contributed by atoms with Crippen molar-refractivity contribution in [2.75, 3.05) is 13.3 Å². The molecule has 2 rings (SSSR count). The normalized spacial score (nSPS) is 36.0. The van der Waals surface area contributed by atoms with Crippen molar-refractivity contribution in [2.24, 2.45) is 5.92 Å². The zero-order valence-corrected chi connectivity index (χ0v) is 7.13. The highest BCUT2D eigenvalue weighted by Gasteiger charge is 2.31. The summed E-state index contributed by atoms with van der Waals surface area (Å²) in [6.07, 6.45) is 5.40. The Hall–Kier alpha value is -0.670. The molecule has 0 unspecified atom stereocenters. The molecule has 1 heterocycles. The molecule has 1 fully saturated rings. The quantitative estimate of drug-likeness (QED) is 0.633. The summed E-state index contributed by atoms with van der Waals surface area (Å²) >= 11 is 0. The van der Waals surface area contributed by atoms with Gasteiger partial charge in [-0.15, -0.1) is 0 Å². The van der Waals surface area contributed by atoms with Gasteiger partial charge in [-0.3, -0.25) is 10.2 Å². The standard InChI is InChI=1S/C9H13FN2/c1-7-3-2-4-8(10)9(7)12-5-11-6-12/h2-4,7,9,11H,5-6H2,1H3/t7-,9+/m1/s1. The summed E-state index contributed by atoms with van der Waals surface area (Å²) in [6, 6.07) is -0.0313. The lowest BCUT2D eigenvalue weighted by atomic mass is 9.94. The second kappa shape index (κ2) is 2.99. The Morgan fingerprint density at radius 2 is 2.33 bits per heavy atom. The van der Waals surface area contributed by atoms with Gasteiger partial charge in [0.25, 0.3) is 0 Å². The molecule has 0 aromatic carbocycles. The molecular formula is C9H13FN2. The first kappa shape index (κ1) is 7.95. The molecular weight excluding hydrogens is 155 g/mol. The van der Waals surface area contributed by atoms with Crippen LogP contribution in [0.5, 0.6) is 0 Å². The van der Waals surface area contributed by atoms with Crippen molar-refractivity contribution in [2.45, 2.75) is 13.0 Å². The van der Waals surface area contributed by atoms with Crippen molar-refractivity contribution >= 4 is 0 Å². The van der Waals surface area contributed by atoms with Gasteiger partial charge in [-0.2, -0.15) is 0 Å². The van der Waals surface area contributed by atoms with Crippen LogP contribution in [0.15, 0.2) is 24.1 Å². The van der Waals surface area contributed by atoms with Crippen LogP contribution in [0.4, 0.5) is 4.39 Å². The molecule has 0 bridgehead atoms. The van der Waals surface area contributed by atoms with E-state index in [4.69, 9.17) is 0 Å². The highest BCUT2D eigenvalue weighted by Crippen LogP contribution is 2.26. The van der Waals surface area contributed by atoms with Gasteiger partial charge in [0.1, 0.15) is 5.83 Å². The number of hydrogen-bond donors (Lipinski definition) is 1. The molecule has 2 nitrogen and oxygen atoms in total. The molecule has 0 aromatic heterocycles. The number of nitrogens with one attached hydrogen (secondary N) is 1. The lowest BCUT2D eigenvalue weighted by Crippen LogP contribution is -2.58. The Labute approximate surface area is 71.7 Å². The van der Waals surface area contributed by atoms with Crippen molar-refractivity contribution in [3.63, 3.8) is 0 Å². The number of halogens is 1. The minimum atomic E-state index is -0.0313. The van der Waals surface area contributed by atoms with Crippen molar-refractivity contribution in [3.05, 3.63) is 24.1 Å². The summed E-state index contributed by atoms with van der Waals surface area (Å²) in [5.41, 5.74) is 0. The van der Waals surface area contributed by atoms with Gasteiger partial charge in [-0.25, -0.2) is 4.39 Å². The van der Waals surface area contributed by atoms with E-state index in [0.717, 1.165) is 13.3 Å². The van der Waals surface area contributed by atoms with E-state index in [1.54, 1.807) is 12.2 Å². The van der Waals surface area contributed by atoms with Gasteiger partial charge in [0.05, 0.1) is 19.4 Å². The Morgan fingerprint density at radius 3 is 2.83 bits per heavy atom. The van der Waals surface area contributed by atoms with E-state index in [-0.39, 0.29) is 17.8 Å². The fraction of sp³-hybridized carbons (Fsp3) is 0.556. The van der Waals surface area contributed by atoms with Crippen LogP contribution in [0.2, 0.25) is 0 Å². The van der Waals surface area contributed by atoms with Gasteiger partial charge < -0.3 is 0 Å². The molecule has 2 aliphatic rings. The smallest absolute Gasteiger partial charge is 0.118 e. The maximum absolute atomic E-state index is 13.3. The van der Waals surface area contributed by atoms with Crippen LogP contribution >= 0.6 is 0 Å². The second-order valence-corrected chi connectivity index (χ2v) is 3.40. The van der Waals surface area contributed by atoms with Crippen LogP contribution in [0.1, 0.15) is 6.92 Å². The minimum Gasteiger partial charge on any atom is -0.291 e. The average Bonchev–Trinajstić information content (AvgIpc) is 1.93. The summed E-state index contributed by atoms with van der Waals surface area (Å²) in [5.74, 6) is 0.281. The highest BCUT2D eigenvalue weighted by molar-refractivity contribution is 5.21. The fourth-order valence-corrected chi connectivity index (χ4v) is 1.72. The van der Waals surface area contributed by atoms with E-state index in [0.29, 0.717) is 0 Å². The molecule has 1 aliphatic heterocycles. The minimum absolute atomic E-state index is 0.00787. The monoisotopic (exact) mass is 168 g/mol. The third kappa shape index (κ3) is 1.19. The lowest BCUT2D eigenvalue weighted by Gasteiger charge is -2.41. The number of allylic oxidation sites excluding steroid dienone is 2. The summed E-state index contributed by atoms with van der Waals surface area (Å²) in [6.45, 7) is 3.67. The van der Waals surface area contributed by atoms with E-state index in [1.807, 2.05) is 13.0 Å². The van der Waals surface area contributed by atoms with Crippen LogP contribution < -0.4 is 5.32 Å². The van der Waals surface area contributed by atoms with Crippen molar-refractivity contribution in [3.8, 4) is 0 Å². The first-order chi connectivity index (χ1) is 5.79. The Balaban J connectivity index is 2.11. The predicted octanol–water partition coefficient (Wildman–Crippen LogP) is 1.23. The Morgan fingerprint density at radius 1 is 1.58 bits per heavy atom. The second-order valence-electron chi connectivity index (χ2n) is 3.40. The number of rotatable bonds is 1. The van der Waals surface area contributed by atoms with Crippen molar-refractivity contribution < 1.29 is 4.39 Å². The van der Waals surface area contributed by atoms with Crippen LogP contribution in [0, 0.1) is 5.92 Å². The molecule has 0 spiro atoms. The molecule has 1 aliphatic carbocycles. The summed E-state index contributed by atoms with van der Waals surface area (Å²) in [4.78, 5) is 2.10.